The van der Waals surface area contributed by atoms with Crippen molar-refractivity contribution in [3.63, 3.8) is 0 Å². The molecule has 4 rings (SSSR count). The van der Waals surface area contributed by atoms with Crippen molar-refractivity contribution in [2.75, 3.05) is 5.32 Å². The summed E-state index contributed by atoms with van der Waals surface area (Å²) < 4.78 is 15.1. The third-order valence-electron chi connectivity index (χ3n) is 5.50. The first-order chi connectivity index (χ1) is 11.5. The second-order valence-corrected chi connectivity index (χ2v) is 7.38. The summed E-state index contributed by atoms with van der Waals surface area (Å²) in [4.78, 5) is 12.5. The van der Waals surface area contributed by atoms with Gasteiger partial charge in [0, 0.05) is 23.6 Å². The molecule has 4 nitrogen and oxygen atoms in total. The average Bonchev–Trinajstić information content (AvgIpc) is 3.17. The van der Waals surface area contributed by atoms with Crippen LogP contribution in [0.2, 0.25) is 0 Å². The minimum Gasteiger partial charge on any atom is -0.308 e. The molecule has 0 spiro atoms. The summed E-state index contributed by atoms with van der Waals surface area (Å²) in [6.45, 7) is 2.00. The van der Waals surface area contributed by atoms with E-state index >= 15 is 0 Å². The van der Waals surface area contributed by atoms with Crippen LogP contribution in [0, 0.1) is 11.2 Å². The quantitative estimate of drug-likeness (QED) is 0.913. The lowest BCUT2D eigenvalue weighted by molar-refractivity contribution is -0.120. The fraction of sp³-hybridized carbons (Fsp3) is 0.474. The number of nitrogens with one attached hydrogen (secondary N) is 1. The maximum atomic E-state index is 13.3. The van der Waals surface area contributed by atoms with E-state index in [1.54, 1.807) is 12.1 Å². The lowest BCUT2D eigenvalue weighted by Crippen LogP contribution is -2.23. The lowest BCUT2D eigenvalue weighted by Gasteiger charge is -2.27. The van der Waals surface area contributed by atoms with E-state index in [0.717, 1.165) is 42.5 Å². The third kappa shape index (κ3) is 2.52. The molecule has 2 aromatic rings. The Bertz CT molecular complexity index is 786. The molecule has 0 aliphatic heterocycles. The normalized spacial score (nSPS) is 19.0. The number of hydrogen-bond acceptors (Lipinski definition) is 2. The van der Waals surface area contributed by atoms with Crippen molar-refractivity contribution in [3.05, 3.63) is 35.6 Å². The molecule has 1 N–H and O–H groups in total. The van der Waals surface area contributed by atoms with Gasteiger partial charge in [-0.05, 0) is 55.9 Å². The number of nitrogens with zero attached hydrogens (tertiary/aromatic N) is 2. The van der Waals surface area contributed by atoms with E-state index in [2.05, 4.69) is 10.4 Å². The van der Waals surface area contributed by atoms with Crippen LogP contribution in [0.25, 0.3) is 11.3 Å². The highest BCUT2D eigenvalue weighted by Gasteiger charge is 2.45. The summed E-state index contributed by atoms with van der Waals surface area (Å²) in [5.41, 5.74) is 2.79. The molecule has 0 bridgehead atoms. The number of anilines is 1. The summed E-state index contributed by atoms with van der Waals surface area (Å²) in [6.07, 6.45) is 5.30. The predicted molar refractivity (Wildman–Crippen MR) is 91.2 cm³/mol. The molecule has 0 saturated heterocycles. The van der Waals surface area contributed by atoms with Gasteiger partial charge in [-0.2, -0.15) is 5.10 Å². The van der Waals surface area contributed by atoms with Crippen molar-refractivity contribution in [1.29, 1.82) is 0 Å². The van der Waals surface area contributed by atoms with Gasteiger partial charge in [-0.3, -0.25) is 9.48 Å². The topological polar surface area (TPSA) is 46.9 Å². The van der Waals surface area contributed by atoms with Gasteiger partial charge in [0.25, 0.3) is 0 Å². The summed E-state index contributed by atoms with van der Waals surface area (Å²) in [6, 6.07) is 6.50. The Morgan fingerprint density at radius 2 is 1.96 bits per heavy atom. The van der Waals surface area contributed by atoms with Crippen LogP contribution in [-0.2, 0) is 11.8 Å². The van der Waals surface area contributed by atoms with Crippen molar-refractivity contribution < 1.29 is 9.18 Å². The highest BCUT2D eigenvalue weighted by molar-refractivity contribution is 5.97. The lowest BCUT2D eigenvalue weighted by atomic mass is 9.79. The highest BCUT2D eigenvalue weighted by atomic mass is 19.1. The number of amides is 1. The molecule has 5 heteroatoms. The molecule has 1 aromatic heterocycles. The highest BCUT2D eigenvalue weighted by Crippen LogP contribution is 2.48. The van der Waals surface area contributed by atoms with Crippen LogP contribution < -0.4 is 5.32 Å². The van der Waals surface area contributed by atoms with Crippen molar-refractivity contribution in [2.45, 2.75) is 44.9 Å². The minimum absolute atomic E-state index is 0.0619. The van der Waals surface area contributed by atoms with Gasteiger partial charge in [-0.15, -0.1) is 0 Å². The van der Waals surface area contributed by atoms with Gasteiger partial charge in [0.05, 0.1) is 5.69 Å². The monoisotopic (exact) mass is 327 g/mol. The number of halogens is 1. The van der Waals surface area contributed by atoms with Gasteiger partial charge in [0.1, 0.15) is 5.82 Å². The molecule has 2 aliphatic carbocycles. The Balaban J connectivity index is 1.75. The van der Waals surface area contributed by atoms with Gasteiger partial charge in [0.15, 0.2) is 5.82 Å². The molecular formula is C19H22FN3O. The molecule has 1 amide bonds. The van der Waals surface area contributed by atoms with E-state index in [1.165, 1.54) is 18.6 Å². The Labute approximate surface area is 141 Å². The minimum atomic E-state index is -0.249. The fourth-order valence-corrected chi connectivity index (χ4v) is 3.34. The molecule has 2 aliphatic rings. The zero-order chi connectivity index (χ0) is 16.9. The molecule has 0 radical (unpaired) electrons. The van der Waals surface area contributed by atoms with Gasteiger partial charge >= 0.3 is 0 Å². The van der Waals surface area contributed by atoms with E-state index in [-0.39, 0.29) is 17.1 Å². The number of rotatable bonds is 4. The maximum absolute atomic E-state index is 13.3. The first-order valence-electron chi connectivity index (χ1n) is 8.62. The predicted octanol–water partition coefficient (Wildman–Crippen LogP) is 4.23. The van der Waals surface area contributed by atoms with Crippen molar-refractivity contribution in [2.24, 2.45) is 12.5 Å². The Kier molecular flexibility index (Phi) is 3.48. The van der Waals surface area contributed by atoms with E-state index in [4.69, 9.17) is 0 Å². The van der Waals surface area contributed by atoms with E-state index in [1.807, 2.05) is 18.7 Å². The van der Waals surface area contributed by atoms with Crippen molar-refractivity contribution >= 4 is 11.7 Å². The number of aromatic nitrogens is 2. The summed E-state index contributed by atoms with van der Waals surface area (Å²) in [5.74, 6) is 0.911. The number of hydrogen-bond donors (Lipinski definition) is 1. The summed E-state index contributed by atoms with van der Waals surface area (Å²) in [7, 11) is 1.88. The average molecular weight is 327 g/mol. The molecule has 1 heterocycles. The van der Waals surface area contributed by atoms with Crippen molar-refractivity contribution in [3.8, 4) is 11.3 Å². The second-order valence-electron chi connectivity index (χ2n) is 7.38. The van der Waals surface area contributed by atoms with Gasteiger partial charge in [-0.25, -0.2) is 4.39 Å². The smallest absolute Gasteiger partial charge is 0.231 e. The third-order valence-corrected chi connectivity index (χ3v) is 5.50. The Morgan fingerprint density at radius 3 is 2.50 bits per heavy atom. The first kappa shape index (κ1) is 15.4. The largest absolute Gasteiger partial charge is 0.308 e. The van der Waals surface area contributed by atoms with Crippen LogP contribution in [0.5, 0.6) is 0 Å². The maximum Gasteiger partial charge on any atom is 0.231 e. The molecule has 0 atom stereocenters. The number of benzene rings is 1. The Hall–Kier alpha value is -2.17. The van der Waals surface area contributed by atoms with Gasteiger partial charge < -0.3 is 5.32 Å². The van der Waals surface area contributed by atoms with Crippen LogP contribution in [0.4, 0.5) is 10.2 Å². The van der Waals surface area contributed by atoms with Crippen LogP contribution in [0.15, 0.2) is 24.3 Å². The van der Waals surface area contributed by atoms with E-state index in [9.17, 15) is 9.18 Å². The van der Waals surface area contributed by atoms with E-state index in [0.29, 0.717) is 11.7 Å². The zero-order valence-electron chi connectivity index (χ0n) is 14.1. The number of carbonyl (C=O) groups excluding carboxylic acids is 1. The first-order valence-corrected chi connectivity index (χ1v) is 8.62. The summed E-state index contributed by atoms with van der Waals surface area (Å²) >= 11 is 0. The Morgan fingerprint density at radius 1 is 1.29 bits per heavy atom. The molecule has 2 fully saturated rings. The zero-order valence-corrected chi connectivity index (χ0v) is 14.1. The molecule has 1 aromatic carbocycles. The van der Waals surface area contributed by atoms with Gasteiger partial charge in [-0.1, -0.05) is 13.3 Å². The van der Waals surface area contributed by atoms with Crippen LogP contribution in [0.1, 0.15) is 50.5 Å². The molecule has 2 saturated carbocycles. The molecule has 24 heavy (non-hydrogen) atoms. The van der Waals surface area contributed by atoms with Crippen LogP contribution >= 0.6 is 0 Å². The standard InChI is InChI=1S/C19H22FN3O/c1-19(10-11-19)18(24)21-17-15(12-4-3-5-12)16(23(2)22-17)13-6-8-14(20)9-7-13/h6-9,12H,3-5,10-11H2,1-2H3,(H,21,22,24). The van der Waals surface area contributed by atoms with Crippen LogP contribution in [-0.4, -0.2) is 15.7 Å². The fourth-order valence-electron chi connectivity index (χ4n) is 3.34. The number of carbonyl (C=O) groups is 1. The van der Waals surface area contributed by atoms with Crippen LogP contribution in [0.3, 0.4) is 0 Å². The van der Waals surface area contributed by atoms with Gasteiger partial charge in [0.2, 0.25) is 5.91 Å². The van der Waals surface area contributed by atoms with Crippen molar-refractivity contribution in [1.82, 2.24) is 9.78 Å². The molecule has 126 valence electrons. The SMILES string of the molecule is Cn1nc(NC(=O)C2(C)CC2)c(C2CCC2)c1-c1ccc(F)cc1. The second kappa shape index (κ2) is 5.43. The number of aryl methyl sites for hydroxylation is 1. The summed E-state index contributed by atoms with van der Waals surface area (Å²) in [5, 5.41) is 7.64. The molecular weight excluding hydrogens is 305 g/mol. The molecule has 0 unspecified atom stereocenters. The van der Waals surface area contributed by atoms with E-state index < -0.39 is 0 Å².